The van der Waals surface area contributed by atoms with E-state index in [1.54, 1.807) is 6.20 Å². The van der Waals surface area contributed by atoms with Gasteiger partial charge in [0, 0.05) is 25.5 Å². The highest BCUT2D eigenvalue weighted by atomic mass is 16.5. The molecule has 0 saturated carbocycles. The van der Waals surface area contributed by atoms with Crippen LogP contribution in [-0.2, 0) is 16.1 Å². The van der Waals surface area contributed by atoms with Gasteiger partial charge in [-0.25, -0.2) is 0 Å². The molecule has 0 spiro atoms. The van der Waals surface area contributed by atoms with Gasteiger partial charge in [-0.1, -0.05) is 0 Å². The third kappa shape index (κ3) is 4.40. The summed E-state index contributed by atoms with van der Waals surface area (Å²) in [6, 6.07) is 1.97. The SMILES string of the molecule is CCOC(=O)CCNCc1cnccc1C. The molecule has 1 aromatic heterocycles. The van der Waals surface area contributed by atoms with Gasteiger partial charge in [-0.05, 0) is 31.0 Å². The third-order valence-corrected chi connectivity index (χ3v) is 2.27. The highest BCUT2D eigenvalue weighted by Gasteiger charge is 2.01. The Morgan fingerprint density at radius 3 is 3.06 bits per heavy atom. The molecular weight excluding hydrogens is 204 g/mol. The second-order valence-corrected chi connectivity index (χ2v) is 3.53. The average Bonchev–Trinajstić information content (AvgIpc) is 2.27. The van der Waals surface area contributed by atoms with Crippen molar-refractivity contribution in [3.05, 3.63) is 29.6 Å². The van der Waals surface area contributed by atoms with Crippen molar-refractivity contribution in [1.82, 2.24) is 10.3 Å². The van der Waals surface area contributed by atoms with Gasteiger partial charge in [0.15, 0.2) is 0 Å². The van der Waals surface area contributed by atoms with Crippen molar-refractivity contribution in [1.29, 1.82) is 0 Å². The molecule has 16 heavy (non-hydrogen) atoms. The zero-order valence-electron chi connectivity index (χ0n) is 9.82. The molecular formula is C12H18N2O2. The van der Waals surface area contributed by atoms with Gasteiger partial charge in [0.2, 0.25) is 0 Å². The number of hydrogen-bond donors (Lipinski definition) is 1. The summed E-state index contributed by atoms with van der Waals surface area (Å²) >= 11 is 0. The standard InChI is InChI=1S/C12H18N2O2/c1-3-16-12(15)5-7-14-9-11-8-13-6-4-10(11)2/h4,6,8,14H,3,5,7,9H2,1-2H3. The molecule has 1 N–H and O–H groups in total. The number of aryl methyl sites for hydroxylation is 1. The Morgan fingerprint density at radius 1 is 1.56 bits per heavy atom. The van der Waals surface area contributed by atoms with E-state index in [1.807, 2.05) is 26.1 Å². The molecule has 0 saturated heterocycles. The molecule has 88 valence electrons. The normalized spacial score (nSPS) is 10.1. The lowest BCUT2D eigenvalue weighted by atomic mass is 10.1. The van der Waals surface area contributed by atoms with Crippen LogP contribution in [0.2, 0.25) is 0 Å². The first-order valence-corrected chi connectivity index (χ1v) is 5.50. The van der Waals surface area contributed by atoms with Gasteiger partial charge in [-0.3, -0.25) is 9.78 Å². The van der Waals surface area contributed by atoms with E-state index < -0.39 is 0 Å². The summed E-state index contributed by atoms with van der Waals surface area (Å²) in [6.45, 7) is 5.67. The Bertz CT molecular complexity index is 340. The van der Waals surface area contributed by atoms with Gasteiger partial charge in [-0.2, -0.15) is 0 Å². The minimum atomic E-state index is -0.155. The molecule has 1 aromatic rings. The van der Waals surface area contributed by atoms with E-state index in [0.717, 1.165) is 12.1 Å². The molecule has 0 aromatic carbocycles. The van der Waals surface area contributed by atoms with E-state index in [2.05, 4.69) is 10.3 Å². The zero-order valence-corrected chi connectivity index (χ0v) is 9.82. The minimum absolute atomic E-state index is 0.155. The highest BCUT2D eigenvalue weighted by Crippen LogP contribution is 2.03. The number of hydrogen-bond acceptors (Lipinski definition) is 4. The predicted octanol–water partition coefficient (Wildman–Crippen LogP) is 1.43. The number of nitrogens with one attached hydrogen (secondary N) is 1. The number of aromatic nitrogens is 1. The predicted molar refractivity (Wildman–Crippen MR) is 61.9 cm³/mol. The summed E-state index contributed by atoms with van der Waals surface area (Å²) in [4.78, 5) is 15.1. The number of esters is 1. The van der Waals surface area contributed by atoms with Crippen molar-refractivity contribution in [3.8, 4) is 0 Å². The summed E-state index contributed by atoms with van der Waals surface area (Å²) in [5.41, 5.74) is 2.37. The van der Waals surface area contributed by atoms with Crippen molar-refractivity contribution < 1.29 is 9.53 Å². The maximum absolute atomic E-state index is 11.0. The first kappa shape index (κ1) is 12.6. The van der Waals surface area contributed by atoms with Crippen LogP contribution in [0.15, 0.2) is 18.5 Å². The van der Waals surface area contributed by atoms with Crippen LogP contribution in [-0.4, -0.2) is 24.1 Å². The van der Waals surface area contributed by atoms with E-state index in [-0.39, 0.29) is 5.97 Å². The molecule has 0 fully saturated rings. The van der Waals surface area contributed by atoms with Crippen LogP contribution in [0, 0.1) is 6.92 Å². The van der Waals surface area contributed by atoms with Crippen molar-refractivity contribution >= 4 is 5.97 Å². The largest absolute Gasteiger partial charge is 0.466 e. The maximum Gasteiger partial charge on any atom is 0.307 e. The van der Waals surface area contributed by atoms with Crippen LogP contribution < -0.4 is 5.32 Å². The molecule has 0 bridgehead atoms. The average molecular weight is 222 g/mol. The number of nitrogens with zero attached hydrogens (tertiary/aromatic N) is 1. The minimum Gasteiger partial charge on any atom is -0.466 e. The van der Waals surface area contributed by atoms with Crippen LogP contribution in [0.1, 0.15) is 24.5 Å². The Hall–Kier alpha value is -1.42. The molecule has 1 heterocycles. The summed E-state index contributed by atoms with van der Waals surface area (Å²) in [7, 11) is 0. The lowest BCUT2D eigenvalue weighted by molar-refractivity contribution is -0.142. The summed E-state index contributed by atoms with van der Waals surface area (Å²) in [5.74, 6) is -0.155. The Kier molecular flexibility index (Phi) is 5.50. The zero-order chi connectivity index (χ0) is 11.8. The monoisotopic (exact) mass is 222 g/mol. The van der Waals surface area contributed by atoms with Gasteiger partial charge < -0.3 is 10.1 Å². The second kappa shape index (κ2) is 6.95. The molecule has 0 aliphatic heterocycles. The van der Waals surface area contributed by atoms with Gasteiger partial charge in [0.05, 0.1) is 13.0 Å². The van der Waals surface area contributed by atoms with E-state index >= 15 is 0 Å². The second-order valence-electron chi connectivity index (χ2n) is 3.53. The van der Waals surface area contributed by atoms with Gasteiger partial charge >= 0.3 is 5.97 Å². The molecule has 4 heteroatoms. The molecule has 0 atom stereocenters. The van der Waals surface area contributed by atoms with E-state index in [0.29, 0.717) is 19.6 Å². The molecule has 0 aliphatic rings. The topological polar surface area (TPSA) is 51.2 Å². The number of pyridine rings is 1. The summed E-state index contributed by atoms with van der Waals surface area (Å²) < 4.78 is 4.83. The number of carbonyl (C=O) groups excluding carboxylic acids is 1. The molecule has 0 unspecified atom stereocenters. The van der Waals surface area contributed by atoms with E-state index in [4.69, 9.17) is 4.74 Å². The number of rotatable bonds is 6. The fraction of sp³-hybridized carbons (Fsp3) is 0.500. The first-order valence-electron chi connectivity index (χ1n) is 5.50. The van der Waals surface area contributed by atoms with Crippen molar-refractivity contribution in [3.63, 3.8) is 0 Å². The number of ether oxygens (including phenoxy) is 1. The molecule has 4 nitrogen and oxygen atoms in total. The fourth-order valence-corrected chi connectivity index (χ4v) is 1.33. The van der Waals surface area contributed by atoms with Crippen molar-refractivity contribution in [2.75, 3.05) is 13.2 Å². The molecule has 0 radical (unpaired) electrons. The van der Waals surface area contributed by atoms with E-state index in [9.17, 15) is 4.79 Å². The van der Waals surface area contributed by atoms with Crippen LogP contribution in [0.25, 0.3) is 0 Å². The van der Waals surface area contributed by atoms with E-state index in [1.165, 1.54) is 5.56 Å². The van der Waals surface area contributed by atoms with Gasteiger partial charge in [-0.15, -0.1) is 0 Å². The Balaban J connectivity index is 2.21. The lowest BCUT2D eigenvalue weighted by Gasteiger charge is -2.06. The summed E-state index contributed by atoms with van der Waals surface area (Å²) in [5, 5.41) is 3.19. The van der Waals surface area contributed by atoms with Crippen molar-refractivity contribution in [2.24, 2.45) is 0 Å². The Labute approximate surface area is 96.0 Å². The van der Waals surface area contributed by atoms with Crippen LogP contribution in [0.5, 0.6) is 0 Å². The van der Waals surface area contributed by atoms with Crippen LogP contribution >= 0.6 is 0 Å². The molecule has 0 aliphatic carbocycles. The molecule has 1 rings (SSSR count). The van der Waals surface area contributed by atoms with Gasteiger partial charge in [0.1, 0.15) is 0 Å². The maximum atomic E-state index is 11.0. The first-order chi connectivity index (χ1) is 7.74. The van der Waals surface area contributed by atoms with Crippen LogP contribution in [0.3, 0.4) is 0 Å². The van der Waals surface area contributed by atoms with Crippen LogP contribution in [0.4, 0.5) is 0 Å². The number of carbonyl (C=O) groups is 1. The Morgan fingerprint density at radius 2 is 2.38 bits per heavy atom. The lowest BCUT2D eigenvalue weighted by Crippen LogP contribution is -2.19. The molecule has 0 amide bonds. The fourth-order valence-electron chi connectivity index (χ4n) is 1.33. The third-order valence-electron chi connectivity index (χ3n) is 2.27. The van der Waals surface area contributed by atoms with Crippen molar-refractivity contribution in [2.45, 2.75) is 26.8 Å². The smallest absolute Gasteiger partial charge is 0.307 e. The van der Waals surface area contributed by atoms with Gasteiger partial charge in [0.25, 0.3) is 0 Å². The quantitative estimate of drug-likeness (QED) is 0.584. The summed E-state index contributed by atoms with van der Waals surface area (Å²) in [6.07, 6.45) is 4.03. The highest BCUT2D eigenvalue weighted by molar-refractivity contribution is 5.69.